The average molecular weight is 341 g/mol. The molecule has 1 aromatic heterocycles. The van der Waals surface area contributed by atoms with E-state index < -0.39 is 0 Å². The highest BCUT2D eigenvalue weighted by molar-refractivity contribution is 9.10. The molecule has 0 aliphatic heterocycles. The van der Waals surface area contributed by atoms with Crippen LogP contribution in [0, 0.1) is 6.92 Å². The van der Waals surface area contributed by atoms with Crippen molar-refractivity contribution in [3.05, 3.63) is 51.8 Å². The van der Waals surface area contributed by atoms with Gasteiger partial charge in [-0.1, -0.05) is 22.9 Å². The Labute approximate surface area is 126 Å². The van der Waals surface area contributed by atoms with Crippen LogP contribution >= 0.6 is 27.5 Å². The minimum Gasteiger partial charge on any atom is -0.455 e. The van der Waals surface area contributed by atoms with Gasteiger partial charge in [-0.2, -0.15) is 0 Å². The van der Waals surface area contributed by atoms with Crippen molar-refractivity contribution in [1.29, 1.82) is 0 Å². The molecule has 0 fully saturated rings. The number of pyridine rings is 1. The Morgan fingerprint density at radius 1 is 1.21 bits per heavy atom. The molecule has 2 rings (SSSR count). The number of nitrogens with zero attached hydrogens (tertiary/aromatic N) is 1. The number of ether oxygens (including phenoxy) is 1. The van der Waals surface area contributed by atoms with Gasteiger partial charge in [0.1, 0.15) is 11.5 Å². The molecule has 19 heavy (non-hydrogen) atoms. The van der Waals surface area contributed by atoms with Gasteiger partial charge >= 0.3 is 0 Å². The van der Waals surface area contributed by atoms with E-state index in [2.05, 4.69) is 27.8 Å². The van der Waals surface area contributed by atoms with Crippen LogP contribution in [0.25, 0.3) is 0 Å². The Morgan fingerprint density at radius 2 is 1.95 bits per heavy atom. The first-order chi connectivity index (χ1) is 9.13. The second-order valence-corrected chi connectivity index (χ2v) is 5.42. The van der Waals surface area contributed by atoms with E-state index >= 15 is 0 Å². The van der Waals surface area contributed by atoms with Crippen molar-refractivity contribution in [3.8, 4) is 11.5 Å². The molecule has 0 spiro atoms. The van der Waals surface area contributed by atoms with E-state index in [0.717, 1.165) is 39.3 Å². The predicted octanol–water partition coefficient (Wildman–Crippen LogP) is 5.25. The zero-order chi connectivity index (χ0) is 13.8. The topological polar surface area (TPSA) is 22.1 Å². The molecule has 0 amide bonds. The van der Waals surface area contributed by atoms with Crippen molar-refractivity contribution < 1.29 is 4.74 Å². The van der Waals surface area contributed by atoms with Gasteiger partial charge in [0.2, 0.25) is 0 Å². The third-order valence-electron chi connectivity index (χ3n) is 2.79. The van der Waals surface area contributed by atoms with Gasteiger partial charge in [-0.25, -0.2) is 0 Å². The number of aromatic nitrogens is 1. The highest BCUT2D eigenvalue weighted by Gasteiger charge is 2.09. The minimum absolute atomic E-state index is 0.412. The average Bonchev–Trinajstić information content (AvgIpc) is 2.42. The maximum atomic E-state index is 5.96. The van der Waals surface area contributed by atoms with E-state index in [-0.39, 0.29) is 0 Å². The van der Waals surface area contributed by atoms with Crippen molar-refractivity contribution in [2.75, 3.05) is 0 Å². The van der Waals surface area contributed by atoms with Gasteiger partial charge in [-0.05, 0) is 43.7 Å². The molecule has 0 N–H and O–H groups in total. The maximum absolute atomic E-state index is 5.96. The van der Waals surface area contributed by atoms with E-state index in [9.17, 15) is 0 Å². The van der Waals surface area contributed by atoms with Crippen molar-refractivity contribution in [2.45, 2.75) is 26.1 Å². The standard InChI is InChI=1S/C15H15BrClNO/c1-3-13-15(6-4-10(2)18-13)19-14-7-5-12(16)8-11(14)9-17/h4-8H,3,9H2,1-2H3. The van der Waals surface area contributed by atoms with Gasteiger partial charge in [0.25, 0.3) is 0 Å². The second-order valence-electron chi connectivity index (χ2n) is 4.24. The summed E-state index contributed by atoms with van der Waals surface area (Å²) in [6.45, 7) is 4.05. The van der Waals surface area contributed by atoms with E-state index in [1.165, 1.54) is 0 Å². The SMILES string of the molecule is CCc1nc(C)ccc1Oc1ccc(Br)cc1CCl. The molecule has 1 aromatic carbocycles. The zero-order valence-electron chi connectivity index (χ0n) is 10.9. The van der Waals surface area contributed by atoms with E-state index in [1.54, 1.807) is 0 Å². The summed E-state index contributed by atoms with van der Waals surface area (Å²) >= 11 is 9.39. The lowest BCUT2D eigenvalue weighted by atomic mass is 10.2. The van der Waals surface area contributed by atoms with Crippen LogP contribution in [0.1, 0.15) is 23.9 Å². The lowest BCUT2D eigenvalue weighted by Crippen LogP contribution is -1.97. The van der Waals surface area contributed by atoms with Gasteiger partial charge in [0, 0.05) is 15.7 Å². The highest BCUT2D eigenvalue weighted by Crippen LogP contribution is 2.30. The first-order valence-corrected chi connectivity index (χ1v) is 7.45. The molecule has 0 unspecified atom stereocenters. The van der Waals surface area contributed by atoms with Crippen LogP contribution in [0.2, 0.25) is 0 Å². The third kappa shape index (κ3) is 3.48. The minimum atomic E-state index is 0.412. The fourth-order valence-corrected chi connectivity index (χ4v) is 2.43. The number of rotatable bonds is 4. The van der Waals surface area contributed by atoms with Gasteiger partial charge in [-0.3, -0.25) is 4.98 Å². The monoisotopic (exact) mass is 339 g/mol. The third-order valence-corrected chi connectivity index (χ3v) is 3.57. The number of benzene rings is 1. The summed E-state index contributed by atoms with van der Waals surface area (Å²) in [6, 6.07) is 9.74. The normalized spacial score (nSPS) is 10.5. The molecule has 100 valence electrons. The molecule has 0 atom stereocenters. The quantitative estimate of drug-likeness (QED) is 0.710. The largest absolute Gasteiger partial charge is 0.455 e. The van der Waals surface area contributed by atoms with Crippen LogP contribution in [-0.2, 0) is 12.3 Å². The summed E-state index contributed by atoms with van der Waals surface area (Å²) in [5.41, 5.74) is 2.92. The zero-order valence-corrected chi connectivity index (χ0v) is 13.3. The van der Waals surface area contributed by atoms with Crippen molar-refractivity contribution >= 4 is 27.5 Å². The Hall–Kier alpha value is -1.06. The number of halogens is 2. The molecular formula is C15H15BrClNO. The molecule has 0 radical (unpaired) electrons. The first kappa shape index (κ1) is 14.4. The maximum Gasteiger partial charge on any atom is 0.148 e. The number of alkyl halides is 1. The lowest BCUT2D eigenvalue weighted by molar-refractivity contribution is 0.468. The molecular weight excluding hydrogens is 326 g/mol. The fraction of sp³-hybridized carbons (Fsp3) is 0.267. The molecule has 0 saturated carbocycles. The first-order valence-electron chi connectivity index (χ1n) is 6.12. The van der Waals surface area contributed by atoms with Crippen LogP contribution in [0.3, 0.4) is 0 Å². The van der Waals surface area contributed by atoms with Crippen molar-refractivity contribution in [2.24, 2.45) is 0 Å². The van der Waals surface area contributed by atoms with E-state index in [0.29, 0.717) is 5.88 Å². The Bertz CT molecular complexity index is 535. The molecule has 0 aliphatic rings. The van der Waals surface area contributed by atoms with Crippen LogP contribution in [0.5, 0.6) is 11.5 Å². The summed E-state index contributed by atoms with van der Waals surface area (Å²) in [5.74, 6) is 1.98. The Balaban J connectivity index is 2.36. The summed E-state index contributed by atoms with van der Waals surface area (Å²) in [4.78, 5) is 4.49. The highest BCUT2D eigenvalue weighted by atomic mass is 79.9. The second kappa shape index (κ2) is 6.40. The van der Waals surface area contributed by atoms with E-state index in [4.69, 9.17) is 16.3 Å². The molecule has 1 heterocycles. The van der Waals surface area contributed by atoms with Gasteiger partial charge < -0.3 is 4.74 Å². The van der Waals surface area contributed by atoms with Gasteiger partial charge in [-0.15, -0.1) is 11.6 Å². The molecule has 0 aliphatic carbocycles. The molecule has 2 nitrogen and oxygen atoms in total. The lowest BCUT2D eigenvalue weighted by Gasteiger charge is -2.13. The van der Waals surface area contributed by atoms with Gasteiger partial charge in [0.15, 0.2) is 0 Å². The van der Waals surface area contributed by atoms with Crippen LogP contribution in [0.15, 0.2) is 34.8 Å². The number of aryl methyl sites for hydroxylation is 2. The van der Waals surface area contributed by atoms with Crippen LogP contribution in [-0.4, -0.2) is 4.98 Å². The van der Waals surface area contributed by atoms with Crippen LogP contribution in [0.4, 0.5) is 0 Å². The smallest absolute Gasteiger partial charge is 0.148 e. The van der Waals surface area contributed by atoms with E-state index in [1.807, 2.05) is 37.3 Å². The molecule has 0 saturated heterocycles. The summed E-state index contributed by atoms with van der Waals surface area (Å²) < 4.78 is 6.96. The van der Waals surface area contributed by atoms with Crippen LogP contribution < -0.4 is 4.74 Å². The number of hydrogen-bond acceptors (Lipinski definition) is 2. The summed E-state index contributed by atoms with van der Waals surface area (Å²) in [6.07, 6.45) is 0.837. The van der Waals surface area contributed by atoms with Gasteiger partial charge in [0.05, 0.1) is 11.6 Å². The number of hydrogen-bond donors (Lipinski definition) is 0. The van der Waals surface area contributed by atoms with Crippen molar-refractivity contribution in [1.82, 2.24) is 4.98 Å². The molecule has 0 bridgehead atoms. The summed E-state index contributed by atoms with van der Waals surface area (Å²) in [5, 5.41) is 0. The molecule has 4 heteroatoms. The molecule has 2 aromatic rings. The van der Waals surface area contributed by atoms with Crippen molar-refractivity contribution in [3.63, 3.8) is 0 Å². The fourth-order valence-electron chi connectivity index (χ4n) is 1.81. The Morgan fingerprint density at radius 3 is 2.63 bits per heavy atom. The summed E-state index contributed by atoms with van der Waals surface area (Å²) in [7, 11) is 0. The predicted molar refractivity (Wildman–Crippen MR) is 82.1 cm³/mol. The Kier molecular flexibility index (Phi) is 4.83.